The standard InChI is InChI=1S/C11H12N2S/c12-9-3-5-10(6-4-9)13-8-11-2-1-7-14-11/h1-7,13H,8,12H2. The first-order valence-corrected chi connectivity index (χ1v) is 5.34. The monoisotopic (exact) mass is 204 g/mol. The van der Waals surface area contributed by atoms with Gasteiger partial charge in [0.1, 0.15) is 0 Å². The summed E-state index contributed by atoms with van der Waals surface area (Å²) in [6, 6.07) is 12.0. The molecule has 1 aromatic heterocycles. The van der Waals surface area contributed by atoms with Crippen molar-refractivity contribution >= 4 is 22.7 Å². The van der Waals surface area contributed by atoms with Crippen molar-refractivity contribution in [3.05, 3.63) is 46.7 Å². The first-order chi connectivity index (χ1) is 6.84. The van der Waals surface area contributed by atoms with Crippen molar-refractivity contribution in [3.8, 4) is 0 Å². The van der Waals surface area contributed by atoms with Crippen LogP contribution in [0.25, 0.3) is 0 Å². The molecule has 0 bridgehead atoms. The molecule has 3 N–H and O–H groups in total. The topological polar surface area (TPSA) is 38.0 Å². The molecular weight excluding hydrogens is 192 g/mol. The van der Waals surface area contributed by atoms with Crippen molar-refractivity contribution in [2.45, 2.75) is 6.54 Å². The summed E-state index contributed by atoms with van der Waals surface area (Å²) in [5, 5.41) is 5.41. The van der Waals surface area contributed by atoms with E-state index in [-0.39, 0.29) is 0 Å². The van der Waals surface area contributed by atoms with Crippen molar-refractivity contribution in [1.82, 2.24) is 0 Å². The number of nitrogens with one attached hydrogen (secondary N) is 1. The van der Waals surface area contributed by atoms with Crippen LogP contribution >= 0.6 is 11.3 Å². The highest BCUT2D eigenvalue weighted by molar-refractivity contribution is 7.09. The first kappa shape index (κ1) is 9.09. The molecule has 0 atom stereocenters. The van der Waals surface area contributed by atoms with Crippen molar-refractivity contribution in [2.24, 2.45) is 0 Å². The summed E-state index contributed by atoms with van der Waals surface area (Å²) in [6.45, 7) is 0.877. The van der Waals surface area contributed by atoms with Gasteiger partial charge in [-0.05, 0) is 35.7 Å². The molecule has 0 saturated carbocycles. The van der Waals surface area contributed by atoms with Crippen molar-refractivity contribution < 1.29 is 0 Å². The molecule has 2 nitrogen and oxygen atoms in total. The molecule has 2 aromatic rings. The predicted octanol–water partition coefficient (Wildman–Crippen LogP) is 2.94. The Balaban J connectivity index is 1.95. The van der Waals surface area contributed by atoms with E-state index in [2.05, 4.69) is 22.8 Å². The number of hydrogen-bond acceptors (Lipinski definition) is 3. The van der Waals surface area contributed by atoms with Gasteiger partial charge in [0.2, 0.25) is 0 Å². The van der Waals surface area contributed by atoms with E-state index in [1.165, 1.54) is 4.88 Å². The van der Waals surface area contributed by atoms with Gasteiger partial charge in [0, 0.05) is 22.8 Å². The molecule has 0 saturated heterocycles. The molecule has 72 valence electrons. The number of rotatable bonds is 3. The van der Waals surface area contributed by atoms with Crippen molar-refractivity contribution in [1.29, 1.82) is 0 Å². The normalized spacial score (nSPS) is 10.0. The zero-order valence-corrected chi connectivity index (χ0v) is 8.55. The van der Waals surface area contributed by atoms with Crippen LogP contribution in [0.4, 0.5) is 11.4 Å². The van der Waals surface area contributed by atoms with E-state index in [0.29, 0.717) is 0 Å². The van der Waals surface area contributed by atoms with Gasteiger partial charge in [0.15, 0.2) is 0 Å². The summed E-state index contributed by atoms with van der Waals surface area (Å²) in [6.07, 6.45) is 0. The van der Waals surface area contributed by atoms with E-state index < -0.39 is 0 Å². The van der Waals surface area contributed by atoms with Crippen molar-refractivity contribution in [3.63, 3.8) is 0 Å². The van der Waals surface area contributed by atoms with E-state index in [0.717, 1.165) is 17.9 Å². The number of thiophene rings is 1. The Morgan fingerprint density at radius 3 is 2.57 bits per heavy atom. The fourth-order valence-corrected chi connectivity index (χ4v) is 1.85. The lowest BCUT2D eigenvalue weighted by Gasteiger charge is -2.04. The van der Waals surface area contributed by atoms with Crippen LogP contribution < -0.4 is 11.1 Å². The smallest absolute Gasteiger partial charge is 0.0494 e. The zero-order valence-electron chi connectivity index (χ0n) is 7.73. The Morgan fingerprint density at radius 1 is 1.14 bits per heavy atom. The quantitative estimate of drug-likeness (QED) is 0.754. The van der Waals surface area contributed by atoms with Gasteiger partial charge in [0.05, 0.1) is 0 Å². The maximum atomic E-state index is 5.59. The molecule has 3 heteroatoms. The second kappa shape index (κ2) is 4.15. The van der Waals surface area contributed by atoms with Crippen LogP contribution in [-0.4, -0.2) is 0 Å². The van der Waals surface area contributed by atoms with Gasteiger partial charge >= 0.3 is 0 Å². The summed E-state index contributed by atoms with van der Waals surface area (Å²) >= 11 is 1.76. The Labute approximate surface area is 87.4 Å². The summed E-state index contributed by atoms with van der Waals surface area (Å²) in [5.74, 6) is 0. The Hall–Kier alpha value is -1.48. The molecule has 1 aromatic carbocycles. The molecule has 0 amide bonds. The molecule has 1 heterocycles. The van der Waals surface area contributed by atoms with E-state index in [9.17, 15) is 0 Å². The van der Waals surface area contributed by atoms with E-state index in [4.69, 9.17) is 5.73 Å². The molecule has 0 fully saturated rings. The molecule has 0 unspecified atom stereocenters. The van der Waals surface area contributed by atoms with Crippen LogP contribution in [0.2, 0.25) is 0 Å². The fourth-order valence-electron chi connectivity index (χ4n) is 1.20. The van der Waals surface area contributed by atoms with E-state index in [1.807, 2.05) is 24.3 Å². The molecular formula is C11H12N2S. The molecule has 0 spiro atoms. The average molecular weight is 204 g/mol. The Kier molecular flexibility index (Phi) is 2.70. The molecule has 0 radical (unpaired) electrons. The minimum Gasteiger partial charge on any atom is -0.399 e. The SMILES string of the molecule is Nc1ccc(NCc2cccs2)cc1. The third-order valence-corrected chi connectivity index (χ3v) is 2.83. The third kappa shape index (κ3) is 2.26. The lowest BCUT2D eigenvalue weighted by atomic mass is 10.3. The van der Waals surface area contributed by atoms with E-state index in [1.54, 1.807) is 11.3 Å². The Morgan fingerprint density at radius 2 is 1.93 bits per heavy atom. The van der Waals surface area contributed by atoms with Crippen LogP contribution in [0.1, 0.15) is 4.88 Å². The van der Waals surface area contributed by atoms with Gasteiger partial charge in [-0.15, -0.1) is 11.3 Å². The molecule has 0 aliphatic rings. The Bertz CT molecular complexity index is 378. The third-order valence-electron chi connectivity index (χ3n) is 1.96. The van der Waals surface area contributed by atoms with Gasteiger partial charge in [0.25, 0.3) is 0 Å². The number of benzene rings is 1. The highest BCUT2D eigenvalue weighted by Gasteiger charge is 1.93. The average Bonchev–Trinajstić information content (AvgIpc) is 2.70. The summed E-state index contributed by atoms with van der Waals surface area (Å²) in [7, 11) is 0. The van der Waals surface area contributed by atoms with Gasteiger partial charge in [-0.3, -0.25) is 0 Å². The second-order valence-electron chi connectivity index (χ2n) is 3.05. The summed E-state index contributed by atoms with van der Waals surface area (Å²) in [5.41, 5.74) is 7.49. The van der Waals surface area contributed by atoms with Gasteiger partial charge in [-0.2, -0.15) is 0 Å². The maximum absolute atomic E-state index is 5.59. The number of nitrogen functional groups attached to an aromatic ring is 1. The van der Waals surface area contributed by atoms with Gasteiger partial charge in [-0.25, -0.2) is 0 Å². The highest BCUT2D eigenvalue weighted by atomic mass is 32.1. The number of anilines is 2. The van der Waals surface area contributed by atoms with Crippen LogP contribution in [0, 0.1) is 0 Å². The predicted molar refractivity (Wildman–Crippen MR) is 62.5 cm³/mol. The van der Waals surface area contributed by atoms with Crippen LogP contribution in [0.3, 0.4) is 0 Å². The number of nitrogens with two attached hydrogens (primary N) is 1. The van der Waals surface area contributed by atoms with Crippen LogP contribution in [0.15, 0.2) is 41.8 Å². The fraction of sp³-hybridized carbons (Fsp3) is 0.0909. The van der Waals surface area contributed by atoms with Gasteiger partial charge < -0.3 is 11.1 Å². The summed E-state index contributed by atoms with van der Waals surface area (Å²) in [4.78, 5) is 1.34. The first-order valence-electron chi connectivity index (χ1n) is 4.46. The molecule has 14 heavy (non-hydrogen) atoms. The van der Waals surface area contributed by atoms with Crippen LogP contribution in [-0.2, 0) is 6.54 Å². The lowest BCUT2D eigenvalue weighted by molar-refractivity contribution is 1.19. The second-order valence-corrected chi connectivity index (χ2v) is 4.09. The van der Waals surface area contributed by atoms with Gasteiger partial charge in [-0.1, -0.05) is 6.07 Å². The maximum Gasteiger partial charge on any atom is 0.0494 e. The molecule has 0 aliphatic heterocycles. The molecule has 0 aliphatic carbocycles. The summed E-state index contributed by atoms with van der Waals surface area (Å²) < 4.78 is 0. The lowest BCUT2D eigenvalue weighted by Crippen LogP contribution is -1.97. The number of hydrogen-bond donors (Lipinski definition) is 2. The minimum atomic E-state index is 0.798. The van der Waals surface area contributed by atoms with Crippen LogP contribution in [0.5, 0.6) is 0 Å². The van der Waals surface area contributed by atoms with Crippen molar-refractivity contribution in [2.75, 3.05) is 11.1 Å². The molecule has 2 rings (SSSR count). The van der Waals surface area contributed by atoms with E-state index >= 15 is 0 Å². The minimum absolute atomic E-state index is 0.798. The highest BCUT2D eigenvalue weighted by Crippen LogP contribution is 2.14. The largest absolute Gasteiger partial charge is 0.399 e. The zero-order chi connectivity index (χ0) is 9.80.